The summed E-state index contributed by atoms with van der Waals surface area (Å²) in [6.45, 7) is 6.52. The van der Waals surface area contributed by atoms with Gasteiger partial charge in [-0.05, 0) is 44.7 Å². The SMILES string of the molecule is Cc1ncn(CC2CCN(c3ccnc4ccccc34)CC2)c(=O)c1C. The Labute approximate surface area is 153 Å². The summed E-state index contributed by atoms with van der Waals surface area (Å²) in [5, 5.41) is 1.21. The van der Waals surface area contributed by atoms with Crippen molar-refractivity contribution < 1.29 is 0 Å². The van der Waals surface area contributed by atoms with Gasteiger partial charge in [0.1, 0.15) is 0 Å². The Morgan fingerprint density at radius 1 is 1.08 bits per heavy atom. The van der Waals surface area contributed by atoms with Crippen LogP contribution in [0.4, 0.5) is 5.69 Å². The largest absolute Gasteiger partial charge is 0.371 e. The predicted octanol–water partition coefficient (Wildman–Crippen LogP) is 3.32. The molecule has 0 atom stereocenters. The molecule has 1 saturated heterocycles. The maximum Gasteiger partial charge on any atom is 0.256 e. The molecule has 134 valence electrons. The third-order valence-corrected chi connectivity index (χ3v) is 5.55. The number of aryl methyl sites for hydroxylation is 1. The quantitative estimate of drug-likeness (QED) is 0.728. The zero-order valence-corrected chi connectivity index (χ0v) is 15.4. The van der Waals surface area contributed by atoms with Gasteiger partial charge in [-0.3, -0.25) is 14.3 Å². The van der Waals surface area contributed by atoms with E-state index in [0.29, 0.717) is 5.92 Å². The number of anilines is 1. The molecule has 0 aliphatic carbocycles. The molecule has 0 amide bonds. The molecule has 0 radical (unpaired) electrons. The lowest BCUT2D eigenvalue weighted by Crippen LogP contribution is -2.36. The highest BCUT2D eigenvalue weighted by Gasteiger charge is 2.21. The molecule has 0 bridgehead atoms. The van der Waals surface area contributed by atoms with Gasteiger partial charge in [0.25, 0.3) is 5.56 Å². The summed E-state index contributed by atoms with van der Waals surface area (Å²) in [7, 11) is 0. The van der Waals surface area contributed by atoms with Crippen LogP contribution in [-0.2, 0) is 6.54 Å². The molecule has 0 saturated carbocycles. The second-order valence-corrected chi connectivity index (χ2v) is 7.19. The van der Waals surface area contributed by atoms with E-state index in [9.17, 15) is 4.79 Å². The van der Waals surface area contributed by atoms with Crippen LogP contribution in [0.15, 0.2) is 47.7 Å². The van der Waals surface area contributed by atoms with Crippen molar-refractivity contribution >= 4 is 16.6 Å². The Morgan fingerprint density at radius 3 is 2.65 bits per heavy atom. The zero-order valence-electron chi connectivity index (χ0n) is 15.4. The summed E-state index contributed by atoms with van der Waals surface area (Å²) >= 11 is 0. The van der Waals surface area contributed by atoms with E-state index in [2.05, 4.69) is 39.1 Å². The number of rotatable bonds is 3. The first-order valence-electron chi connectivity index (χ1n) is 9.25. The highest BCUT2D eigenvalue weighted by atomic mass is 16.1. The summed E-state index contributed by atoms with van der Waals surface area (Å²) in [6, 6.07) is 10.4. The topological polar surface area (TPSA) is 51.0 Å². The highest BCUT2D eigenvalue weighted by Crippen LogP contribution is 2.29. The molecule has 1 aromatic carbocycles. The van der Waals surface area contributed by atoms with Crippen molar-refractivity contribution in [3.8, 4) is 0 Å². The molecule has 26 heavy (non-hydrogen) atoms. The maximum absolute atomic E-state index is 12.4. The molecule has 1 aliphatic heterocycles. The molecule has 1 aliphatic rings. The number of piperidine rings is 1. The van der Waals surface area contributed by atoms with Crippen molar-refractivity contribution in [3.63, 3.8) is 0 Å². The van der Waals surface area contributed by atoms with Crippen molar-refractivity contribution in [3.05, 3.63) is 64.5 Å². The smallest absolute Gasteiger partial charge is 0.256 e. The molecule has 3 heterocycles. The highest BCUT2D eigenvalue weighted by molar-refractivity contribution is 5.91. The summed E-state index contributed by atoms with van der Waals surface area (Å²) in [6.07, 6.45) is 5.75. The second kappa shape index (κ2) is 6.90. The van der Waals surface area contributed by atoms with E-state index >= 15 is 0 Å². The van der Waals surface area contributed by atoms with Gasteiger partial charge >= 0.3 is 0 Å². The molecule has 0 N–H and O–H groups in total. The number of pyridine rings is 1. The van der Waals surface area contributed by atoms with Gasteiger partial charge in [0.05, 0.1) is 11.8 Å². The van der Waals surface area contributed by atoms with Gasteiger partial charge in [0, 0.05) is 48.2 Å². The van der Waals surface area contributed by atoms with Gasteiger partial charge in [-0.2, -0.15) is 0 Å². The Bertz CT molecular complexity index is 981. The predicted molar refractivity (Wildman–Crippen MR) is 105 cm³/mol. The van der Waals surface area contributed by atoms with Crippen molar-refractivity contribution in [1.82, 2.24) is 14.5 Å². The van der Waals surface area contributed by atoms with Crippen LogP contribution < -0.4 is 10.5 Å². The van der Waals surface area contributed by atoms with E-state index in [4.69, 9.17) is 0 Å². The van der Waals surface area contributed by atoms with Crippen LogP contribution in [0.2, 0.25) is 0 Å². The monoisotopic (exact) mass is 348 g/mol. The minimum absolute atomic E-state index is 0.0973. The minimum Gasteiger partial charge on any atom is -0.371 e. The first-order chi connectivity index (χ1) is 12.6. The first-order valence-corrected chi connectivity index (χ1v) is 9.25. The standard InChI is InChI=1S/C21H24N4O/c1-15-16(2)23-14-25(21(15)26)13-17-8-11-24(12-9-17)20-7-10-22-19-6-4-3-5-18(19)20/h3-7,10,14,17H,8-9,11-13H2,1-2H3. The number of hydrogen-bond acceptors (Lipinski definition) is 4. The van der Waals surface area contributed by atoms with Crippen LogP contribution in [0.3, 0.4) is 0 Å². The van der Waals surface area contributed by atoms with E-state index in [0.717, 1.165) is 49.2 Å². The number of benzene rings is 1. The van der Waals surface area contributed by atoms with E-state index in [1.54, 1.807) is 10.9 Å². The van der Waals surface area contributed by atoms with Crippen LogP contribution in [0, 0.1) is 19.8 Å². The number of aromatic nitrogens is 3. The Balaban J connectivity index is 1.48. The van der Waals surface area contributed by atoms with Crippen LogP contribution in [-0.4, -0.2) is 27.6 Å². The van der Waals surface area contributed by atoms with Crippen LogP contribution in [0.1, 0.15) is 24.1 Å². The number of hydrogen-bond donors (Lipinski definition) is 0. The third-order valence-electron chi connectivity index (χ3n) is 5.55. The molecule has 5 heteroatoms. The van der Waals surface area contributed by atoms with E-state index in [-0.39, 0.29) is 5.56 Å². The van der Waals surface area contributed by atoms with Crippen molar-refractivity contribution in [2.45, 2.75) is 33.2 Å². The lowest BCUT2D eigenvalue weighted by molar-refractivity contribution is 0.350. The minimum atomic E-state index is 0.0973. The Morgan fingerprint density at radius 2 is 1.85 bits per heavy atom. The molecule has 5 nitrogen and oxygen atoms in total. The van der Waals surface area contributed by atoms with E-state index in [1.807, 2.05) is 26.1 Å². The van der Waals surface area contributed by atoms with Crippen LogP contribution >= 0.6 is 0 Å². The van der Waals surface area contributed by atoms with Crippen molar-refractivity contribution in [1.29, 1.82) is 0 Å². The van der Waals surface area contributed by atoms with Crippen LogP contribution in [0.5, 0.6) is 0 Å². The van der Waals surface area contributed by atoms with Crippen LogP contribution in [0.25, 0.3) is 10.9 Å². The fourth-order valence-corrected chi connectivity index (χ4v) is 3.80. The fraction of sp³-hybridized carbons (Fsp3) is 0.381. The Hall–Kier alpha value is -2.69. The van der Waals surface area contributed by atoms with E-state index in [1.165, 1.54) is 11.1 Å². The fourth-order valence-electron chi connectivity index (χ4n) is 3.80. The molecule has 4 rings (SSSR count). The number of nitrogens with zero attached hydrogens (tertiary/aromatic N) is 4. The van der Waals surface area contributed by atoms with Crippen molar-refractivity contribution in [2.75, 3.05) is 18.0 Å². The average molecular weight is 348 g/mol. The lowest BCUT2D eigenvalue weighted by Gasteiger charge is -2.34. The summed E-state index contributed by atoms with van der Waals surface area (Å²) in [5.74, 6) is 0.515. The van der Waals surface area contributed by atoms with Crippen molar-refractivity contribution in [2.24, 2.45) is 5.92 Å². The normalized spacial score (nSPS) is 15.5. The molecular weight excluding hydrogens is 324 g/mol. The van der Waals surface area contributed by atoms with Gasteiger partial charge in [-0.15, -0.1) is 0 Å². The maximum atomic E-state index is 12.4. The summed E-state index contributed by atoms with van der Waals surface area (Å²) in [4.78, 5) is 23.7. The molecule has 2 aromatic heterocycles. The van der Waals surface area contributed by atoms with Gasteiger partial charge in [0.2, 0.25) is 0 Å². The summed E-state index contributed by atoms with van der Waals surface area (Å²) in [5.41, 5.74) is 3.98. The van der Waals surface area contributed by atoms with E-state index < -0.39 is 0 Å². The van der Waals surface area contributed by atoms with Gasteiger partial charge in [-0.25, -0.2) is 4.98 Å². The lowest BCUT2D eigenvalue weighted by atomic mass is 9.96. The first kappa shape index (κ1) is 16.8. The molecule has 0 spiro atoms. The van der Waals surface area contributed by atoms with Gasteiger partial charge < -0.3 is 4.90 Å². The Kier molecular flexibility index (Phi) is 4.45. The van der Waals surface area contributed by atoms with Gasteiger partial charge in [-0.1, -0.05) is 18.2 Å². The molecular formula is C21H24N4O. The number of fused-ring (bicyclic) bond motifs is 1. The van der Waals surface area contributed by atoms with Gasteiger partial charge in [0.15, 0.2) is 0 Å². The summed E-state index contributed by atoms with van der Waals surface area (Å²) < 4.78 is 1.78. The molecule has 1 fully saturated rings. The average Bonchev–Trinajstić information content (AvgIpc) is 2.69. The molecule has 0 unspecified atom stereocenters. The molecule has 3 aromatic rings. The second-order valence-electron chi connectivity index (χ2n) is 7.19. The number of para-hydroxylation sites is 1. The zero-order chi connectivity index (χ0) is 18.1. The third kappa shape index (κ3) is 3.09.